The minimum atomic E-state index is -0.458. The smallest absolute Gasteiger partial charge is 0.337 e. The van der Waals surface area contributed by atoms with E-state index in [1.54, 1.807) is 30.3 Å². The Morgan fingerprint density at radius 3 is 2.73 bits per heavy atom. The van der Waals surface area contributed by atoms with Crippen LogP contribution in [0.5, 0.6) is 0 Å². The molecular formula is C19H20N2O5. The fourth-order valence-corrected chi connectivity index (χ4v) is 2.68. The summed E-state index contributed by atoms with van der Waals surface area (Å²) in [6.07, 6.45) is 4.49. The summed E-state index contributed by atoms with van der Waals surface area (Å²) in [6, 6.07) is 8.61. The number of benzene rings is 1. The van der Waals surface area contributed by atoms with Gasteiger partial charge in [0.15, 0.2) is 0 Å². The number of carbonyl (C=O) groups excluding carboxylic acids is 2. The Balaban J connectivity index is 1.83. The lowest BCUT2D eigenvalue weighted by Crippen LogP contribution is -2.36. The van der Waals surface area contributed by atoms with Crippen LogP contribution in [-0.2, 0) is 14.3 Å². The number of rotatable bonds is 5. The Morgan fingerprint density at radius 1 is 1.23 bits per heavy atom. The van der Waals surface area contributed by atoms with E-state index in [9.17, 15) is 9.59 Å². The molecule has 1 amide bonds. The van der Waals surface area contributed by atoms with Crippen LogP contribution < -0.4 is 10.2 Å². The van der Waals surface area contributed by atoms with Gasteiger partial charge in [0.1, 0.15) is 5.76 Å². The van der Waals surface area contributed by atoms with Crippen molar-refractivity contribution in [3.05, 3.63) is 54.0 Å². The van der Waals surface area contributed by atoms with Crippen LogP contribution in [0, 0.1) is 0 Å². The van der Waals surface area contributed by atoms with Crippen molar-refractivity contribution < 1.29 is 23.5 Å². The molecule has 0 atom stereocenters. The molecule has 1 aliphatic heterocycles. The lowest BCUT2D eigenvalue weighted by atomic mass is 10.1. The Labute approximate surface area is 151 Å². The third-order valence-corrected chi connectivity index (χ3v) is 3.97. The zero-order valence-electron chi connectivity index (χ0n) is 14.4. The molecule has 3 rings (SSSR count). The van der Waals surface area contributed by atoms with Gasteiger partial charge < -0.3 is 24.1 Å². The second kappa shape index (κ2) is 8.35. The normalized spacial score (nSPS) is 14.4. The molecule has 1 aromatic carbocycles. The molecule has 1 fully saturated rings. The highest BCUT2D eigenvalue weighted by Gasteiger charge is 2.18. The largest absolute Gasteiger partial charge is 0.465 e. The van der Waals surface area contributed by atoms with E-state index in [1.165, 1.54) is 19.4 Å². The number of carbonyl (C=O) groups is 2. The summed E-state index contributed by atoms with van der Waals surface area (Å²) in [4.78, 5) is 26.2. The van der Waals surface area contributed by atoms with E-state index >= 15 is 0 Å². The van der Waals surface area contributed by atoms with Gasteiger partial charge in [-0.05, 0) is 36.4 Å². The van der Waals surface area contributed by atoms with Crippen LogP contribution in [0.1, 0.15) is 16.1 Å². The minimum Gasteiger partial charge on any atom is -0.465 e. The molecule has 1 aliphatic rings. The van der Waals surface area contributed by atoms with Crippen molar-refractivity contribution in [2.24, 2.45) is 0 Å². The van der Waals surface area contributed by atoms with Gasteiger partial charge in [-0.1, -0.05) is 0 Å². The van der Waals surface area contributed by atoms with Crippen LogP contribution in [-0.4, -0.2) is 45.3 Å². The summed E-state index contributed by atoms with van der Waals surface area (Å²) in [5, 5.41) is 2.83. The number of morpholine rings is 1. The van der Waals surface area contributed by atoms with Gasteiger partial charge in [0.05, 0.1) is 43.5 Å². The number of methoxy groups -OCH3 is 1. The van der Waals surface area contributed by atoms with E-state index in [4.69, 9.17) is 13.9 Å². The van der Waals surface area contributed by atoms with Gasteiger partial charge in [-0.25, -0.2) is 4.79 Å². The predicted octanol–water partition coefficient (Wildman–Crippen LogP) is 2.55. The minimum absolute atomic E-state index is 0.321. The van der Waals surface area contributed by atoms with Crippen molar-refractivity contribution >= 4 is 29.3 Å². The van der Waals surface area contributed by atoms with Crippen molar-refractivity contribution in [3.63, 3.8) is 0 Å². The summed E-state index contributed by atoms with van der Waals surface area (Å²) in [5.74, 6) is -0.199. The third-order valence-electron chi connectivity index (χ3n) is 3.97. The lowest BCUT2D eigenvalue weighted by Gasteiger charge is -2.30. The quantitative estimate of drug-likeness (QED) is 0.655. The number of hydrogen-bond donors (Lipinski definition) is 1. The summed E-state index contributed by atoms with van der Waals surface area (Å²) in [6.45, 7) is 2.65. The van der Waals surface area contributed by atoms with Gasteiger partial charge in [-0.2, -0.15) is 0 Å². The summed E-state index contributed by atoms with van der Waals surface area (Å²) >= 11 is 0. The van der Waals surface area contributed by atoms with Crippen molar-refractivity contribution in [3.8, 4) is 0 Å². The van der Waals surface area contributed by atoms with E-state index in [-0.39, 0.29) is 5.91 Å². The first-order chi connectivity index (χ1) is 12.7. The first kappa shape index (κ1) is 17.8. The van der Waals surface area contributed by atoms with Crippen molar-refractivity contribution in [1.82, 2.24) is 0 Å². The molecule has 0 aliphatic carbocycles. The SMILES string of the molecule is COC(=O)c1ccc(N2CCOCC2)c(NC(=O)/C=C/c2ccco2)c1. The van der Waals surface area contributed by atoms with Crippen molar-refractivity contribution in [2.75, 3.05) is 43.6 Å². The maximum absolute atomic E-state index is 12.3. The highest BCUT2D eigenvalue weighted by molar-refractivity contribution is 6.04. The number of esters is 1. The van der Waals surface area contributed by atoms with Gasteiger partial charge in [-0.15, -0.1) is 0 Å². The zero-order valence-corrected chi connectivity index (χ0v) is 14.4. The van der Waals surface area contributed by atoms with Crippen LogP contribution in [0.25, 0.3) is 6.08 Å². The topological polar surface area (TPSA) is 81.0 Å². The molecule has 0 saturated carbocycles. The maximum atomic E-state index is 12.3. The molecule has 7 heteroatoms. The summed E-state index contributed by atoms with van der Waals surface area (Å²) < 4.78 is 15.3. The number of anilines is 2. The van der Waals surface area contributed by atoms with E-state index in [0.717, 1.165) is 5.69 Å². The summed E-state index contributed by atoms with van der Waals surface area (Å²) in [7, 11) is 1.32. The first-order valence-electron chi connectivity index (χ1n) is 8.25. The zero-order chi connectivity index (χ0) is 18.4. The fourth-order valence-electron chi connectivity index (χ4n) is 2.68. The van der Waals surface area contributed by atoms with Crippen LogP contribution in [0.3, 0.4) is 0 Å². The predicted molar refractivity (Wildman–Crippen MR) is 97.2 cm³/mol. The molecule has 2 aromatic rings. The second-order valence-corrected chi connectivity index (χ2v) is 5.66. The number of hydrogen-bond acceptors (Lipinski definition) is 6. The molecule has 0 unspecified atom stereocenters. The number of amides is 1. The molecule has 26 heavy (non-hydrogen) atoms. The molecule has 136 valence electrons. The molecule has 1 N–H and O–H groups in total. The van der Waals surface area contributed by atoms with Gasteiger partial charge in [0.2, 0.25) is 5.91 Å². The molecule has 1 saturated heterocycles. The average molecular weight is 356 g/mol. The van der Waals surface area contributed by atoms with E-state index in [0.29, 0.717) is 43.3 Å². The summed E-state index contributed by atoms with van der Waals surface area (Å²) in [5.41, 5.74) is 1.75. The Hall–Kier alpha value is -3.06. The van der Waals surface area contributed by atoms with E-state index in [2.05, 4.69) is 10.2 Å². The molecule has 0 spiro atoms. The third kappa shape index (κ3) is 4.31. The van der Waals surface area contributed by atoms with Gasteiger partial charge >= 0.3 is 5.97 Å². The van der Waals surface area contributed by atoms with Gasteiger partial charge in [-0.3, -0.25) is 4.79 Å². The number of nitrogens with one attached hydrogen (secondary N) is 1. The van der Waals surface area contributed by atoms with Crippen molar-refractivity contribution in [2.45, 2.75) is 0 Å². The van der Waals surface area contributed by atoms with Crippen LogP contribution >= 0.6 is 0 Å². The Bertz CT molecular complexity index is 792. The average Bonchev–Trinajstić information content (AvgIpc) is 3.20. The van der Waals surface area contributed by atoms with Gasteiger partial charge in [0.25, 0.3) is 0 Å². The second-order valence-electron chi connectivity index (χ2n) is 5.66. The molecule has 2 heterocycles. The number of nitrogens with zero attached hydrogens (tertiary/aromatic N) is 1. The van der Waals surface area contributed by atoms with E-state index < -0.39 is 5.97 Å². The molecule has 0 bridgehead atoms. The molecule has 0 radical (unpaired) electrons. The fraction of sp³-hybridized carbons (Fsp3) is 0.263. The molecule has 7 nitrogen and oxygen atoms in total. The maximum Gasteiger partial charge on any atom is 0.337 e. The molecule has 1 aromatic heterocycles. The number of furan rings is 1. The lowest BCUT2D eigenvalue weighted by molar-refractivity contribution is -0.111. The standard InChI is InChI=1S/C19H20N2O5/c1-24-19(23)14-4-6-17(21-8-11-25-12-9-21)16(13-14)20-18(22)7-5-15-3-2-10-26-15/h2-7,10,13H,8-9,11-12H2,1H3,(H,20,22)/b7-5+. The van der Waals surface area contributed by atoms with Gasteiger partial charge in [0, 0.05) is 19.2 Å². The van der Waals surface area contributed by atoms with Crippen molar-refractivity contribution in [1.29, 1.82) is 0 Å². The van der Waals surface area contributed by atoms with E-state index in [1.807, 2.05) is 6.07 Å². The number of ether oxygens (including phenoxy) is 2. The highest BCUT2D eigenvalue weighted by atomic mass is 16.5. The van der Waals surface area contributed by atoms with Crippen LogP contribution in [0.2, 0.25) is 0 Å². The Kier molecular flexibility index (Phi) is 5.70. The van der Waals surface area contributed by atoms with Crippen LogP contribution in [0.15, 0.2) is 47.1 Å². The van der Waals surface area contributed by atoms with Crippen LogP contribution in [0.4, 0.5) is 11.4 Å². The molecular weight excluding hydrogens is 336 g/mol. The monoisotopic (exact) mass is 356 g/mol. The Morgan fingerprint density at radius 2 is 2.04 bits per heavy atom. The highest BCUT2D eigenvalue weighted by Crippen LogP contribution is 2.28. The first-order valence-corrected chi connectivity index (χ1v) is 8.25.